The number of aryl methyl sites for hydroxylation is 2. The molecule has 1 amide bonds. The molecule has 0 aliphatic carbocycles. The minimum atomic E-state index is -3.55. The Kier molecular flexibility index (Phi) is 5.50. The van der Waals surface area contributed by atoms with Crippen LogP contribution < -0.4 is 0 Å². The fraction of sp³-hybridized carbons (Fsp3) is 0.316. The Morgan fingerprint density at radius 2 is 1.69 bits per heavy atom. The average molecular weight is 437 g/mol. The quantitative estimate of drug-likeness (QED) is 0.741. The fourth-order valence-corrected chi connectivity index (χ4v) is 5.06. The van der Waals surface area contributed by atoms with Crippen molar-refractivity contribution in [3.8, 4) is 0 Å². The Morgan fingerprint density at radius 3 is 2.35 bits per heavy atom. The molecular formula is C19H21BrN2O3S. The third kappa shape index (κ3) is 3.84. The Hall–Kier alpha value is -1.70. The zero-order valence-electron chi connectivity index (χ0n) is 14.8. The van der Waals surface area contributed by atoms with E-state index in [-0.39, 0.29) is 10.8 Å². The van der Waals surface area contributed by atoms with E-state index >= 15 is 0 Å². The number of benzene rings is 2. The lowest BCUT2D eigenvalue weighted by atomic mass is 10.0. The van der Waals surface area contributed by atoms with Gasteiger partial charge in [0, 0.05) is 36.2 Å². The van der Waals surface area contributed by atoms with E-state index in [9.17, 15) is 13.2 Å². The van der Waals surface area contributed by atoms with Crippen molar-refractivity contribution >= 4 is 31.9 Å². The van der Waals surface area contributed by atoms with Gasteiger partial charge >= 0.3 is 0 Å². The van der Waals surface area contributed by atoms with Crippen LogP contribution in [0.1, 0.15) is 21.5 Å². The van der Waals surface area contributed by atoms with Crippen LogP contribution in [0, 0.1) is 13.8 Å². The number of hydrogen-bond donors (Lipinski definition) is 0. The highest BCUT2D eigenvalue weighted by Crippen LogP contribution is 2.22. The summed E-state index contributed by atoms with van der Waals surface area (Å²) in [4.78, 5) is 14.8. The molecule has 1 heterocycles. The first-order chi connectivity index (χ1) is 12.3. The second-order valence-electron chi connectivity index (χ2n) is 6.47. The van der Waals surface area contributed by atoms with Crippen LogP contribution in [0.15, 0.2) is 51.8 Å². The van der Waals surface area contributed by atoms with Crippen LogP contribution in [-0.2, 0) is 10.0 Å². The monoisotopic (exact) mass is 436 g/mol. The second kappa shape index (κ2) is 7.50. The summed E-state index contributed by atoms with van der Waals surface area (Å²) in [5, 5.41) is 0. The van der Waals surface area contributed by atoms with E-state index < -0.39 is 10.0 Å². The first kappa shape index (κ1) is 19.1. The number of hydrogen-bond acceptors (Lipinski definition) is 3. The van der Waals surface area contributed by atoms with Gasteiger partial charge in [0.15, 0.2) is 0 Å². The van der Waals surface area contributed by atoms with Gasteiger partial charge in [-0.25, -0.2) is 8.42 Å². The van der Waals surface area contributed by atoms with E-state index in [0.29, 0.717) is 31.7 Å². The number of carbonyl (C=O) groups is 1. The van der Waals surface area contributed by atoms with E-state index in [1.165, 1.54) is 4.31 Å². The highest BCUT2D eigenvalue weighted by atomic mass is 79.9. The molecule has 0 N–H and O–H groups in total. The molecule has 0 radical (unpaired) electrons. The number of halogens is 1. The fourth-order valence-electron chi connectivity index (χ4n) is 3.04. The third-order valence-electron chi connectivity index (χ3n) is 4.58. The molecule has 5 nitrogen and oxygen atoms in total. The van der Waals surface area contributed by atoms with E-state index in [1.807, 2.05) is 32.0 Å². The Labute approximate surface area is 162 Å². The van der Waals surface area contributed by atoms with Crippen molar-refractivity contribution < 1.29 is 13.2 Å². The molecule has 3 rings (SSSR count). The third-order valence-corrected chi connectivity index (χ3v) is 6.97. The summed E-state index contributed by atoms with van der Waals surface area (Å²) in [6.45, 7) is 5.25. The van der Waals surface area contributed by atoms with Gasteiger partial charge in [-0.15, -0.1) is 0 Å². The summed E-state index contributed by atoms with van der Waals surface area (Å²) in [6.07, 6.45) is 0. The van der Waals surface area contributed by atoms with E-state index in [2.05, 4.69) is 15.9 Å². The van der Waals surface area contributed by atoms with Crippen molar-refractivity contribution in [2.45, 2.75) is 18.7 Å². The number of amides is 1. The molecule has 1 aliphatic heterocycles. The SMILES string of the molecule is Cc1ccc(C)c(C(=O)N2CCN(S(=O)(=O)c3cccc(Br)c3)CC2)c1. The molecule has 0 aromatic heterocycles. The van der Waals surface area contributed by atoms with Gasteiger partial charge in [0.25, 0.3) is 5.91 Å². The lowest BCUT2D eigenvalue weighted by Gasteiger charge is -2.34. The molecular weight excluding hydrogens is 416 g/mol. The van der Waals surface area contributed by atoms with Crippen LogP contribution in [0.3, 0.4) is 0 Å². The lowest BCUT2D eigenvalue weighted by molar-refractivity contribution is 0.0697. The summed E-state index contributed by atoms with van der Waals surface area (Å²) in [7, 11) is -3.55. The van der Waals surface area contributed by atoms with Crippen LogP contribution in [0.2, 0.25) is 0 Å². The van der Waals surface area contributed by atoms with Crippen LogP contribution in [0.25, 0.3) is 0 Å². The first-order valence-corrected chi connectivity index (χ1v) is 10.6. The minimum Gasteiger partial charge on any atom is -0.336 e. The van der Waals surface area contributed by atoms with Crippen LogP contribution >= 0.6 is 15.9 Å². The maximum Gasteiger partial charge on any atom is 0.254 e. The molecule has 0 bridgehead atoms. The summed E-state index contributed by atoms with van der Waals surface area (Å²) in [5.41, 5.74) is 2.66. The molecule has 138 valence electrons. The van der Waals surface area contributed by atoms with Gasteiger partial charge in [-0.05, 0) is 43.7 Å². The predicted octanol–water partition coefficient (Wildman–Crippen LogP) is 3.21. The topological polar surface area (TPSA) is 57.7 Å². The van der Waals surface area contributed by atoms with Gasteiger partial charge < -0.3 is 4.90 Å². The highest BCUT2D eigenvalue weighted by molar-refractivity contribution is 9.10. The number of carbonyl (C=O) groups excluding carboxylic acids is 1. The highest BCUT2D eigenvalue weighted by Gasteiger charge is 2.30. The van der Waals surface area contributed by atoms with E-state index in [4.69, 9.17) is 0 Å². The van der Waals surface area contributed by atoms with Crippen molar-refractivity contribution in [3.05, 3.63) is 63.6 Å². The molecule has 0 saturated carbocycles. The molecule has 1 fully saturated rings. The predicted molar refractivity (Wildman–Crippen MR) is 105 cm³/mol. The smallest absolute Gasteiger partial charge is 0.254 e. The molecule has 2 aromatic carbocycles. The van der Waals surface area contributed by atoms with Crippen molar-refractivity contribution in [2.24, 2.45) is 0 Å². The van der Waals surface area contributed by atoms with Crippen LogP contribution in [-0.4, -0.2) is 49.7 Å². The number of nitrogens with zero attached hydrogens (tertiary/aromatic N) is 2. The Morgan fingerprint density at radius 1 is 1.00 bits per heavy atom. The van der Waals surface area contributed by atoms with Gasteiger partial charge in [0.05, 0.1) is 4.90 Å². The first-order valence-electron chi connectivity index (χ1n) is 8.41. The average Bonchev–Trinajstić information content (AvgIpc) is 2.63. The standard InChI is InChI=1S/C19H21BrN2O3S/c1-14-6-7-15(2)18(12-14)19(23)21-8-10-22(11-9-21)26(24,25)17-5-3-4-16(20)13-17/h3-7,12-13H,8-11H2,1-2H3. The second-order valence-corrected chi connectivity index (χ2v) is 9.33. The molecule has 1 aliphatic rings. The molecule has 7 heteroatoms. The van der Waals surface area contributed by atoms with Gasteiger partial charge in [0.1, 0.15) is 0 Å². The summed E-state index contributed by atoms with van der Waals surface area (Å²) >= 11 is 3.31. The van der Waals surface area contributed by atoms with E-state index in [0.717, 1.165) is 15.6 Å². The summed E-state index contributed by atoms with van der Waals surface area (Å²) < 4.78 is 27.7. The molecule has 2 aromatic rings. The lowest BCUT2D eigenvalue weighted by Crippen LogP contribution is -2.50. The Bertz CT molecular complexity index is 936. The normalized spacial score (nSPS) is 15.9. The largest absolute Gasteiger partial charge is 0.336 e. The van der Waals surface area contributed by atoms with Crippen molar-refractivity contribution in [1.82, 2.24) is 9.21 Å². The zero-order chi connectivity index (χ0) is 18.9. The van der Waals surface area contributed by atoms with Gasteiger partial charge in [-0.1, -0.05) is 39.7 Å². The van der Waals surface area contributed by atoms with Crippen molar-refractivity contribution in [2.75, 3.05) is 26.2 Å². The van der Waals surface area contributed by atoms with Crippen molar-refractivity contribution in [1.29, 1.82) is 0 Å². The Balaban J connectivity index is 1.73. The number of rotatable bonds is 3. The molecule has 26 heavy (non-hydrogen) atoms. The minimum absolute atomic E-state index is 0.0364. The van der Waals surface area contributed by atoms with E-state index in [1.54, 1.807) is 29.2 Å². The molecule has 0 unspecified atom stereocenters. The summed E-state index contributed by atoms with van der Waals surface area (Å²) in [6, 6.07) is 12.5. The zero-order valence-corrected chi connectivity index (χ0v) is 17.2. The number of sulfonamides is 1. The molecule has 1 saturated heterocycles. The van der Waals surface area contributed by atoms with Crippen LogP contribution in [0.5, 0.6) is 0 Å². The number of piperazine rings is 1. The summed E-state index contributed by atoms with van der Waals surface area (Å²) in [5.74, 6) is -0.0364. The van der Waals surface area contributed by atoms with Gasteiger partial charge in [-0.2, -0.15) is 4.31 Å². The molecule has 0 spiro atoms. The molecule has 0 atom stereocenters. The van der Waals surface area contributed by atoms with Gasteiger partial charge in [0.2, 0.25) is 10.0 Å². The van der Waals surface area contributed by atoms with Gasteiger partial charge in [-0.3, -0.25) is 4.79 Å². The van der Waals surface area contributed by atoms with Crippen molar-refractivity contribution in [3.63, 3.8) is 0 Å². The van der Waals surface area contributed by atoms with Crippen LogP contribution in [0.4, 0.5) is 0 Å². The maximum absolute atomic E-state index is 12.8. The maximum atomic E-state index is 12.8.